The van der Waals surface area contributed by atoms with E-state index in [0.29, 0.717) is 41.8 Å². The van der Waals surface area contributed by atoms with Crippen LogP contribution in [0.25, 0.3) is 11.4 Å². The van der Waals surface area contributed by atoms with Gasteiger partial charge in [-0.2, -0.15) is 4.98 Å². The number of nitrogens with zero attached hydrogens (tertiary/aromatic N) is 4. The fraction of sp³-hybridized carbons (Fsp3) is 0.304. The molecule has 3 aromatic rings. The van der Waals surface area contributed by atoms with E-state index in [1.165, 1.54) is 0 Å². The van der Waals surface area contributed by atoms with E-state index in [2.05, 4.69) is 20.4 Å². The van der Waals surface area contributed by atoms with Crippen molar-refractivity contribution in [2.24, 2.45) is 5.92 Å². The van der Waals surface area contributed by atoms with Gasteiger partial charge in [0.15, 0.2) is 0 Å². The number of anilines is 2. The van der Waals surface area contributed by atoms with Crippen molar-refractivity contribution in [3.05, 3.63) is 59.4 Å². The molecular weight excluding hydrogens is 430 g/mol. The topological polar surface area (TPSA) is 91.6 Å². The molecule has 2 aliphatic rings. The Bertz CT molecular complexity index is 1160. The standard InChI is InChI=1S/C23H22ClN5O3/c24-17-5-3-4-16(12-17)22-26-21(32-27-22)14-28-10-8-15(9-11-28)23(31)29-13-20(30)25-18-6-1-2-7-19(18)29/h1-7,12,15H,8-11,13-14H2,(H,25,30). The fourth-order valence-corrected chi connectivity index (χ4v) is 4.43. The van der Waals surface area contributed by atoms with Gasteiger partial charge in [0.1, 0.15) is 6.54 Å². The Morgan fingerprint density at radius 1 is 1.16 bits per heavy atom. The zero-order valence-electron chi connectivity index (χ0n) is 17.3. The third kappa shape index (κ3) is 4.24. The summed E-state index contributed by atoms with van der Waals surface area (Å²) in [6.45, 7) is 2.08. The number of likely N-dealkylation sites (tertiary alicyclic amines) is 1. The molecule has 8 nitrogen and oxygen atoms in total. The third-order valence-electron chi connectivity index (χ3n) is 5.88. The van der Waals surface area contributed by atoms with E-state index >= 15 is 0 Å². The van der Waals surface area contributed by atoms with Gasteiger partial charge >= 0.3 is 0 Å². The average Bonchev–Trinajstić information content (AvgIpc) is 3.27. The molecule has 0 bridgehead atoms. The van der Waals surface area contributed by atoms with E-state index in [-0.39, 0.29) is 24.3 Å². The lowest BCUT2D eigenvalue weighted by molar-refractivity contribution is -0.126. The molecule has 2 aliphatic heterocycles. The number of rotatable bonds is 4. The van der Waals surface area contributed by atoms with Gasteiger partial charge in [0.2, 0.25) is 23.5 Å². The third-order valence-corrected chi connectivity index (χ3v) is 6.12. The summed E-state index contributed by atoms with van der Waals surface area (Å²) >= 11 is 6.04. The van der Waals surface area contributed by atoms with Crippen molar-refractivity contribution in [1.82, 2.24) is 15.0 Å². The summed E-state index contributed by atoms with van der Waals surface area (Å²) in [4.78, 5) is 33.5. The monoisotopic (exact) mass is 451 g/mol. The summed E-state index contributed by atoms with van der Waals surface area (Å²) in [5, 5.41) is 7.50. The minimum atomic E-state index is -0.165. The van der Waals surface area contributed by atoms with Crippen molar-refractivity contribution >= 4 is 34.8 Å². The zero-order valence-corrected chi connectivity index (χ0v) is 18.1. The van der Waals surface area contributed by atoms with Crippen LogP contribution in [-0.4, -0.2) is 46.5 Å². The van der Waals surface area contributed by atoms with Crippen molar-refractivity contribution in [2.45, 2.75) is 19.4 Å². The van der Waals surface area contributed by atoms with E-state index in [0.717, 1.165) is 24.3 Å². The van der Waals surface area contributed by atoms with E-state index in [1.54, 1.807) is 17.0 Å². The predicted octanol–water partition coefficient (Wildman–Crippen LogP) is 3.59. The number of fused-ring (bicyclic) bond motifs is 1. The number of piperidine rings is 1. The van der Waals surface area contributed by atoms with Gasteiger partial charge in [-0.05, 0) is 50.2 Å². The lowest BCUT2D eigenvalue weighted by Crippen LogP contribution is -2.47. The second kappa shape index (κ2) is 8.72. The summed E-state index contributed by atoms with van der Waals surface area (Å²) in [6.07, 6.45) is 1.43. The largest absolute Gasteiger partial charge is 0.338 e. The molecule has 0 spiro atoms. The summed E-state index contributed by atoms with van der Waals surface area (Å²) in [5.74, 6) is 0.769. The van der Waals surface area contributed by atoms with E-state index in [9.17, 15) is 9.59 Å². The summed E-state index contributed by atoms with van der Waals surface area (Å²) in [7, 11) is 0. The van der Waals surface area contributed by atoms with Gasteiger partial charge < -0.3 is 14.7 Å². The van der Waals surface area contributed by atoms with Gasteiger partial charge in [0.05, 0.1) is 17.9 Å². The SMILES string of the molecule is O=C1CN(C(=O)C2CCN(Cc3nc(-c4cccc(Cl)c4)no3)CC2)c2ccccc2N1. The van der Waals surface area contributed by atoms with E-state index in [1.807, 2.05) is 36.4 Å². The number of carbonyl (C=O) groups excluding carboxylic acids is 2. The molecule has 3 heterocycles. The van der Waals surface area contributed by atoms with Gasteiger partial charge in [-0.15, -0.1) is 0 Å². The first-order chi connectivity index (χ1) is 15.6. The van der Waals surface area contributed by atoms with Crippen LogP contribution in [0.4, 0.5) is 11.4 Å². The average molecular weight is 452 g/mol. The number of hydrogen-bond acceptors (Lipinski definition) is 6. The molecule has 1 fully saturated rings. The highest BCUT2D eigenvalue weighted by Crippen LogP contribution is 2.32. The number of benzene rings is 2. The Morgan fingerprint density at radius 3 is 2.78 bits per heavy atom. The first-order valence-corrected chi connectivity index (χ1v) is 11.0. The normalized spacial score (nSPS) is 17.2. The van der Waals surface area contributed by atoms with Crippen molar-refractivity contribution in [3.63, 3.8) is 0 Å². The van der Waals surface area contributed by atoms with Gasteiger partial charge in [-0.25, -0.2) is 0 Å². The zero-order chi connectivity index (χ0) is 22.1. The van der Waals surface area contributed by atoms with Crippen LogP contribution in [0.3, 0.4) is 0 Å². The molecule has 0 atom stereocenters. The second-order valence-electron chi connectivity index (χ2n) is 8.06. The number of para-hydroxylation sites is 2. The molecule has 2 amide bonds. The highest BCUT2D eigenvalue weighted by atomic mass is 35.5. The summed E-state index contributed by atoms with van der Waals surface area (Å²) in [5.41, 5.74) is 2.25. The molecule has 0 saturated carbocycles. The van der Waals surface area contributed by atoms with Gasteiger partial charge in [0, 0.05) is 16.5 Å². The second-order valence-corrected chi connectivity index (χ2v) is 8.50. The Kier molecular flexibility index (Phi) is 5.63. The predicted molar refractivity (Wildman–Crippen MR) is 120 cm³/mol. The van der Waals surface area contributed by atoms with Crippen LogP contribution in [0.2, 0.25) is 5.02 Å². The fourth-order valence-electron chi connectivity index (χ4n) is 4.24. The minimum Gasteiger partial charge on any atom is -0.338 e. The maximum atomic E-state index is 13.2. The molecule has 9 heteroatoms. The first kappa shape index (κ1) is 20.7. The van der Waals surface area contributed by atoms with Gasteiger partial charge in [-0.1, -0.05) is 41.0 Å². The van der Waals surface area contributed by atoms with Crippen LogP contribution in [0.15, 0.2) is 53.1 Å². The van der Waals surface area contributed by atoms with Gasteiger partial charge in [-0.3, -0.25) is 14.5 Å². The maximum Gasteiger partial charge on any atom is 0.244 e. The Balaban J connectivity index is 1.20. The van der Waals surface area contributed by atoms with Crippen LogP contribution >= 0.6 is 11.6 Å². The van der Waals surface area contributed by atoms with Crippen LogP contribution in [0.1, 0.15) is 18.7 Å². The quantitative estimate of drug-likeness (QED) is 0.651. The van der Waals surface area contributed by atoms with Gasteiger partial charge in [0.25, 0.3) is 0 Å². The highest BCUT2D eigenvalue weighted by molar-refractivity contribution is 6.30. The van der Waals surface area contributed by atoms with Crippen molar-refractivity contribution in [3.8, 4) is 11.4 Å². The van der Waals surface area contributed by atoms with E-state index < -0.39 is 0 Å². The molecule has 2 aromatic carbocycles. The molecular formula is C23H22ClN5O3. The number of aromatic nitrogens is 2. The van der Waals surface area contributed by atoms with Crippen LogP contribution in [0.5, 0.6) is 0 Å². The van der Waals surface area contributed by atoms with Crippen LogP contribution < -0.4 is 10.2 Å². The number of halogens is 1. The number of hydrogen-bond donors (Lipinski definition) is 1. The minimum absolute atomic E-state index is 0.00739. The van der Waals surface area contributed by atoms with Crippen molar-refractivity contribution < 1.29 is 14.1 Å². The number of amides is 2. The molecule has 0 radical (unpaired) electrons. The molecule has 1 aromatic heterocycles. The van der Waals surface area contributed by atoms with Crippen LogP contribution in [0, 0.1) is 5.92 Å². The number of carbonyl (C=O) groups is 2. The molecule has 164 valence electrons. The highest BCUT2D eigenvalue weighted by Gasteiger charge is 2.33. The lowest BCUT2D eigenvalue weighted by Gasteiger charge is -2.35. The molecule has 1 N–H and O–H groups in total. The van der Waals surface area contributed by atoms with Crippen LogP contribution in [-0.2, 0) is 16.1 Å². The molecule has 32 heavy (non-hydrogen) atoms. The Morgan fingerprint density at radius 2 is 1.97 bits per heavy atom. The number of nitrogens with one attached hydrogen (secondary N) is 1. The first-order valence-electron chi connectivity index (χ1n) is 10.6. The van der Waals surface area contributed by atoms with E-state index in [4.69, 9.17) is 16.1 Å². The lowest BCUT2D eigenvalue weighted by atomic mass is 9.94. The Hall–Kier alpha value is -3.23. The summed E-state index contributed by atoms with van der Waals surface area (Å²) in [6, 6.07) is 14.7. The Labute approximate surface area is 190 Å². The molecule has 0 unspecified atom stereocenters. The van der Waals surface area contributed by atoms with Crippen molar-refractivity contribution in [2.75, 3.05) is 29.9 Å². The molecule has 0 aliphatic carbocycles. The maximum absolute atomic E-state index is 13.2. The molecule has 5 rings (SSSR count). The smallest absolute Gasteiger partial charge is 0.244 e. The summed E-state index contributed by atoms with van der Waals surface area (Å²) < 4.78 is 5.42. The molecule has 1 saturated heterocycles. The van der Waals surface area contributed by atoms with Crippen molar-refractivity contribution in [1.29, 1.82) is 0 Å².